The molecule has 1 saturated heterocycles. The van der Waals surface area contributed by atoms with E-state index in [2.05, 4.69) is 11.8 Å². The topological polar surface area (TPSA) is 33.2 Å². The van der Waals surface area contributed by atoms with Crippen LogP contribution in [0, 0.1) is 0 Å². The first-order valence-electron chi connectivity index (χ1n) is 6.10. The molecule has 0 spiro atoms. The van der Waals surface area contributed by atoms with Crippen LogP contribution in [0.5, 0.6) is 0 Å². The molecule has 0 bridgehead atoms. The Hall–Kier alpha value is -0.550. The van der Waals surface area contributed by atoms with E-state index in [0.29, 0.717) is 11.2 Å². The predicted molar refractivity (Wildman–Crippen MR) is 73.6 cm³/mol. The summed E-state index contributed by atoms with van der Waals surface area (Å²) in [6, 6.07) is 0. The summed E-state index contributed by atoms with van der Waals surface area (Å²) in [5.74, 6) is 1.73. The number of thiazole rings is 1. The Kier molecular flexibility index (Phi) is 3.13. The van der Waals surface area contributed by atoms with E-state index < -0.39 is 0 Å². The molecule has 17 heavy (non-hydrogen) atoms. The first-order valence-corrected chi connectivity index (χ1v) is 7.97. The van der Waals surface area contributed by atoms with E-state index >= 15 is 0 Å². The van der Waals surface area contributed by atoms with Gasteiger partial charge < -0.3 is 4.90 Å². The SMILES string of the molecule is CC1CN(c2nc(C3CC3)c(C=O)s2)CCS1. The van der Waals surface area contributed by atoms with Crippen LogP contribution in [-0.4, -0.2) is 35.4 Å². The molecule has 0 N–H and O–H groups in total. The molecular formula is C12H16N2OS2. The van der Waals surface area contributed by atoms with E-state index in [1.54, 1.807) is 11.3 Å². The molecule has 2 fully saturated rings. The van der Waals surface area contributed by atoms with Crippen molar-refractivity contribution in [1.82, 2.24) is 4.98 Å². The van der Waals surface area contributed by atoms with Gasteiger partial charge in [-0.1, -0.05) is 18.3 Å². The van der Waals surface area contributed by atoms with Crippen molar-refractivity contribution in [2.24, 2.45) is 0 Å². The van der Waals surface area contributed by atoms with Crippen molar-refractivity contribution in [3.63, 3.8) is 0 Å². The molecule has 0 aromatic carbocycles. The molecule has 2 aliphatic rings. The second-order valence-electron chi connectivity index (χ2n) is 4.77. The molecule has 1 saturated carbocycles. The summed E-state index contributed by atoms with van der Waals surface area (Å²) in [5.41, 5.74) is 1.06. The van der Waals surface area contributed by atoms with Crippen LogP contribution in [0.3, 0.4) is 0 Å². The maximum atomic E-state index is 11.1. The van der Waals surface area contributed by atoms with Crippen molar-refractivity contribution < 1.29 is 4.79 Å². The van der Waals surface area contributed by atoms with Crippen molar-refractivity contribution in [2.45, 2.75) is 30.9 Å². The van der Waals surface area contributed by atoms with Gasteiger partial charge in [0.15, 0.2) is 11.4 Å². The Morgan fingerprint density at radius 1 is 1.47 bits per heavy atom. The maximum Gasteiger partial charge on any atom is 0.186 e. The summed E-state index contributed by atoms with van der Waals surface area (Å²) in [4.78, 5) is 19.0. The largest absolute Gasteiger partial charge is 0.346 e. The average molecular weight is 268 g/mol. The number of thioether (sulfide) groups is 1. The van der Waals surface area contributed by atoms with Gasteiger partial charge in [0.2, 0.25) is 0 Å². The van der Waals surface area contributed by atoms with Crippen molar-refractivity contribution in [1.29, 1.82) is 0 Å². The van der Waals surface area contributed by atoms with E-state index in [1.165, 1.54) is 12.8 Å². The van der Waals surface area contributed by atoms with E-state index in [4.69, 9.17) is 4.98 Å². The first-order chi connectivity index (χ1) is 8.28. The van der Waals surface area contributed by atoms with Crippen LogP contribution in [0.25, 0.3) is 0 Å². The van der Waals surface area contributed by atoms with Gasteiger partial charge in [-0.2, -0.15) is 11.8 Å². The summed E-state index contributed by atoms with van der Waals surface area (Å²) < 4.78 is 0. The zero-order chi connectivity index (χ0) is 11.8. The summed E-state index contributed by atoms with van der Waals surface area (Å²) in [6.07, 6.45) is 3.39. The molecule has 3 nitrogen and oxygen atoms in total. The van der Waals surface area contributed by atoms with Crippen LogP contribution in [0.1, 0.15) is 41.0 Å². The van der Waals surface area contributed by atoms with Crippen LogP contribution in [0.2, 0.25) is 0 Å². The molecule has 2 heterocycles. The minimum Gasteiger partial charge on any atom is -0.346 e. The quantitative estimate of drug-likeness (QED) is 0.789. The summed E-state index contributed by atoms with van der Waals surface area (Å²) in [6.45, 7) is 4.37. The molecule has 1 aliphatic heterocycles. The number of nitrogens with zero attached hydrogens (tertiary/aromatic N) is 2. The summed E-state index contributed by atoms with van der Waals surface area (Å²) in [7, 11) is 0. The maximum absolute atomic E-state index is 11.1. The molecule has 5 heteroatoms. The molecule has 1 atom stereocenters. The number of hydrogen-bond donors (Lipinski definition) is 0. The van der Waals surface area contributed by atoms with E-state index in [-0.39, 0.29) is 0 Å². The highest BCUT2D eigenvalue weighted by molar-refractivity contribution is 8.00. The van der Waals surface area contributed by atoms with Gasteiger partial charge in [0, 0.05) is 30.0 Å². The first kappa shape index (κ1) is 11.5. The van der Waals surface area contributed by atoms with Gasteiger partial charge in [0.1, 0.15) is 0 Å². The van der Waals surface area contributed by atoms with Gasteiger partial charge in [-0.05, 0) is 12.8 Å². The lowest BCUT2D eigenvalue weighted by Gasteiger charge is -2.30. The highest BCUT2D eigenvalue weighted by atomic mass is 32.2. The number of aldehydes is 1. The predicted octanol–water partition coefficient (Wildman–Crippen LogP) is 2.77. The third-order valence-corrected chi connectivity index (χ3v) is 5.45. The molecule has 1 aliphatic carbocycles. The Morgan fingerprint density at radius 3 is 2.94 bits per heavy atom. The highest BCUT2D eigenvalue weighted by Crippen LogP contribution is 2.43. The Balaban J connectivity index is 1.84. The van der Waals surface area contributed by atoms with Gasteiger partial charge in [0.05, 0.1) is 10.6 Å². The molecule has 1 unspecified atom stereocenters. The van der Waals surface area contributed by atoms with Crippen LogP contribution < -0.4 is 4.90 Å². The number of carbonyl (C=O) groups is 1. The monoisotopic (exact) mass is 268 g/mol. The van der Waals surface area contributed by atoms with Crippen molar-refractivity contribution in [3.05, 3.63) is 10.6 Å². The van der Waals surface area contributed by atoms with Gasteiger partial charge in [-0.25, -0.2) is 4.98 Å². The molecule has 1 aromatic heterocycles. The zero-order valence-electron chi connectivity index (χ0n) is 9.89. The Bertz CT molecular complexity index is 428. The van der Waals surface area contributed by atoms with Gasteiger partial charge >= 0.3 is 0 Å². The third-order valence-electron chi connectivity index (χ3n) is 3.25. The van der Waals surface area contributed by atoms with Crippen molar-refractivity contribution >= 4 is 34.5 Å². The van der Waals surface area contributed by atoms with E-state index in [1.807, 2.05) is 11.8 Å². The molecule has 0 amide bonds. The third kappa shape index (κ3) is 2.36. The molecule has 1 aromatic rings. The zero-order valence-corrected chi connectivity index (χ0v) is 11.5. The number of anilines is 1. The van der Waals surface area contributed by atoms with Crippen LogP contribution >= 0.6 is 23.1 Å². The number of rotatable bonds is 3. The molecule has 92 valence electrons. The number of carbonyl (C=O) groups excluding carboxylic acids is 1. The fraction of sp³-hybridized carbons (Fsp3) is 0.667. The minimum atomic E-state index is 0.566. The van der Waals surface area contributed by atoms with Crippen LogP contribution in [-0.2, 0) is 0 Å². The van der Waals surface area contributed by atoms with Crippen LogP contribution in [0.4, 0.5) is 5.13 Å². The lowest BCUT2D eigenvalue weighted by atomic mass is 10.3. The smallest absolute Gasteiger partial charge is 0.186 e. The summed E-state index contributed by atoms with van der Waals surface area (Å²) >= 11 is 3.59. The Morgan fingerprint density at radius 2 is 2.29 bits per heavy atom. The molecule has 3 rings (SSSR count). The van der Waals surface area contributed by atoms with Gasteiger partial charge in [0.25, 0.3) is 0 Å². The van der Waals surface area contributed by atoms with Gasteiger partial charge in [-0.15, -0.1) is 0 Å². The minimum absolute atomic E-state index is 0.566. The van der Waals surface area contributed by atoms with Crippen LogP contribution in [0.15, 0.2) is 0 Å². The van der Waals surface area contributed by atoms with Gasteiger partial charge in [-0.3, -0.25) is 4.79 Å². The number of hydrogen-bond acceptors (Lipinski definition) is 5. The average Bonchev–Trinajstić information content (AvgIpc) is 3.08. The second kappa shape index (κ2) is 4.61. The standard InChI is InChI=1S/C12H16N2OS2/c1-8-6-14(4-5-16-8)12-13-11(9-2-3-9)10(7-15)17-12/h7-9H,2-6H2,1H3. The fourth-order valence-electron chi connectivity index (χ4n) is 2.19. The Labute approximate surface area is 110 Å². The number of aromatic nitrogens is 1. The van der Waals surface area contributed by atoms with Crippen molar-refractivity contribution in [2.75, 3.05) is 23.7 Å². The van der Waals surface area contributed by atoms with E-state index in [0.717, 1.165) is 40.8 Å². The second-order valence-corrected chi connectivity index (χ2v) is 7.32. The molecule has 0 radical (unpaired) electrons. The molecular weight excluding hydrogens is 252 g/mol. The summed E-state index contributed by atoms with van der Waals surface area (Å²) in [5, 5.41) is 1.72. The van der Waals surface area contributed by atoms with Crippen molar-refractivity contribution in [3.8, 4) is 0 Å². The highest BCUT2D eigenvalue weighted by Gasteiger charge is 2.31. The van der Waals surface area contributed by atoms with E-state index in [9.17, 15) is 4.79 Å². The fourth-order valence-corrected chi connectivity index (χ4v) is 4.21. The lowest BCUT2D eigenvalue weighted by Crippen LogP contribution is -2.36. The normalized spacial score (nSPS) is 25.0. The lowest BCUT2D eigenvalue weighted by molar-refractivity contribution is 0.112.